The van der Waals surface area contributed by atoms with Crippen LogP contribution in [0.5, 0.6) is 28.7 Å². The Kier molecular flexibility index (Phi) is 12.1. The van der Waals surface area contributed by atoms with Crippen molar-refractivity contribution < 1.29 is 24.4 Å². The molecule has 0 amide bonds. The molecular weight excluding hydrogens is 769 g/mol. The van der Waals surface area contributed by atoms with Gasteiger partial charge in [-0.3, -0.25) is 18.7 Å². The van der Waals surface area contributed by atoms with Crippen LogP contribution in [-0.4, -0.2) is 50.6 Å². The normalized spacial score (nSPS) is 11.2. The lowest BCUT2D eigenvalue weighted by atomic mass is 10.1. The SMILES string of the molecule is COc1cccc(/C=C/c2nc3ccccc3c(=O)n2-c2c(C)cccc2OC)c1O.COc1cccc(/C=C/c2nc3ccccc3c(=O)n2-c2ccc(C)cc2C)c1O. The molecular formula is C50H44N4O7. The highest BCUT2D eigenvalue weighted by Gasteiger charge is 2.18. The molecule has 0 aliphatic rings. The van der Waals surface area contributed by atoms with Crippen LogP contribution in [0.15, 0.2) is 131 Å². The standard InChI is InChI=1S/C25H22N2O4.C25H22N2O3/c1-16-8-6-12-20(30-2)23(16)27-22(26-19-11-5-4-10-18(19)25(27)29)15-14-17-9-7-13-21(31-3)24(17)28;1-16-11-13-21(17(2)15-16)27-23(26-20-9-5-4-8-19(20)25(27)29)14-12-18-7-6-10-22(30-3)24(18)28/h4-15,28H,1-3H3;4-15,28H,1-3H3/b15-14+;14-12+. The van der Waals surface area contributed by atoms with Gasteiger partial charge in [0, 0.05) is 11.1 Å². The van der Waals surface area contributed by atoms with E-state index < -0.39 is 0 Å². The lowest BCUT2D eigenvalue weighted by molar-refractivity contribution is 0.373. The molecule has 0 fully saturated rings. The number of fused-ring (bicyclic) bond motifs is 2. The van der Waals surface area contributed by atoms with E-state index in [-0.39, 0.29) is 22.6 Å². The molecule has 0 radical (unpaired) electrons. The molecule has 2 aromatic heterocycles. The maximum atomic E-state index is 13.5. The maximum absolute atomic E-state index is 13.5. The second-order valence-corrected chi connectivity index (χ2v) is 14.1. The van der Waals surface area contributed by atoms with E-state index in [1.54, 1.807) is 95.1 Å². The molecule has 8 aromatic rings. The quantitative estimate of drug-likeness (QED) is 0.146. The number of nitrogens with zero attached hydrogens (tertiary/aromatic N) is 4. The fourth-order valence-electron chi connectivity index (χ4n) is 7.12. The van der Waals surface area contributed by atoms with Crippen molar-refractivity contribution in [1.29, 1.82) is 0 Å². The zero-order valence-corrected chi connectivity index (χ0v) is 34.6. The highest BCUT2D eigenvalue weighted by Crippen LogP contribution is 2.33. The van der Waals surface area contributed by atoms with Gasteiger partial charge in [0.2, 0.25) is 0 Å². The summed E-state index contributed by atoms with van der Waals surface area (Å²) in [6.45, 7) is 5.91. The lowest BCUT2D eigenvalue weighted by Crippen LogP contribution is -2.23. The van der Waals surface area contributed by atoms with Gasteiger partial charge in [-0.2, -0.15) is 0 Å². The van der Waals surface area contributed by atoms with Crippen LogP contribution in [0.3, 0.4) is 0 Å². The molecule has 2 heterocycles. The van der Waals surface area contributed by atoms with Crippen molar-refractivity contribution in [3.8, 4) is 40.1 Å². The summed E-state index contributed by atoms with van der Waals surface area (Å²) < 4.78 is 19.1. The number of rotatable bonds is 9. The molecule has 8 rings (SSSR count). The van der Waals surface area contributed by atoms with Gasteiger partial charge in [-0.15, -0.1) is 0 Å². The van der Waals surface area contributed by atoms with Crippen LogP contribution in [0, 0.1) is 20.8 Å². The summed E-state index contributed by atoms with van der Waals surface area (Å²) in [5.74, 6) is 2.27. The Morgan fingerprint density at radius 2 is 0.984 bits per heavy atom. The predicted octanol–water partition coefficient (Wildman–Crippen LogP) is 9.47. The van der Waals surface area contributed by atoms with E-state index in [4.69, 9.17) is 24.2 Å². The summed E-state index contributed by atoms with van der Waals surface area (Å²) in [6, 6.07) is 36.5. The third-order valence-electron chi connectivity index (χ3n) is 10.2. The molecule has 0 saturated heterocycles. The first-order valence-corrected chi connectivity index (χ1v) is 19.4. The van der Waals surface area contributed by atoms with Crippen molar-refractivity contribution in [3.63, 3.8) is 0 Å². The van der Waals surface area contributed by atoms with Gasteiger partial charge in [-0.05, 0) is 105 Å². The van der Waals surface area contributed by atoms with Gasteiger partial charge in [0.1, 0.15) is 17.4 Å². The predicted molar refractivity (Wildman–Crippen MR) is 243 cm³/mol. The summed E-state index contributed by atoms with van der Waals surface area (Å²) in [6.07, 6.45) is 6.87. The van der Waals surface area contributed by atoms with Crippen molar-refractivity contribution in [3.05, 3.63) is 182 Å². The van der Waals surface area contributed by atoms with E-state index >= 15 is 0 Å². The van der Waals surface area contributed by atoms with Gasteiger partial charge in [0.05, 0.1) is 54.5 Å². The number of phenolic OH excluding ortho intramolecular Hbond substituents is 2. The molecule has 0 atom stereocenters. The second-order valence-electron chi connectivity index (χ2n) is 14.1. The average molecular weight is 813 g/mol. The van der Waals surface area contributed by atoms with Crippen LogP contribution in [0.25, 0.3) is 57.5 Å². The van der Waals surface area contributed by atoms with Gasteiger partial charge in [-0.1, -0.05) is 78.4 Å². The van der Waals surface area contributed by atoms with E-state index in [0.717, 1.165) is 22.4 Å². The second kappa shape index (κ2) is 17.9. The summed E-state index contributed by atoms with van der Waals surface area (Å²) in [5.41, 5.74) is 6.37. The number of aromatic nitrogens is 4. The number of ether oxygens (including phenoxy) is 3. The first-order valence-electron chi connectivity index (χ1n) is 19.4. The van der Waals surface area contributed by atoms with Crippen molar-refractivity contribution >= 4 is 46.1 Å². The van der Waals surface area contributed by atoms with Crippen molar-refractivity contribution in [2.45, 2.75) is 20.8 Å². The van der Waals surface area contributed by atoms with Crippen molar-refractivity contribution in [2.24, 2.45) is 0 Å². The van der Waals surface area contributed by atoms with E-state index in [0.29, 0.717) is 67.5 Å². The number of hydrogen-bond donors (Lipinski definition) is 2. The minimum atomic E-state index is -0.201. The summed E-state index contributed by atoms with van der Waals surface area (Å²) in [7, 11) is 4.57. The smallest absolute Gasteiger partial charge is 0.266 e. The number of benzene rings is 6. The Hall–Kier alpha value is -7.92. The average Bonchev–Trinajstić information content (AvgIpc) is 3.26. The maximum Gasteiger partial charge on any atom is 0.266 e. The number of aromatic hydroxyl groups is 2. The fraction of sp³-hybridized carbons (Fsp3) is 0.120. The Bertz CT molecular complexity index is 3110. The highest BCUT2D eigenvalue weighted by atomic mass is 16.5. The van der Waals surface area contributed by atoms with Crippen LogP contribution >= 0.6 is 0 Å². The van der Waals surface area contributed by atoms with Crippen LogP contribution < -0.4 is 25.3 Å². The molecule has 2 N–H and O–H groups in total. The van der Waals surface area contributed by atoms with E-state index in [1.807, 2.05) is 87.5 Å². The number of phenols is 2. The molecule has 0 aliphatic carbocycles. The van der Waals surface area contributed by atoms with Crippen LogP contribution in [-0.2, 0) is 0 Å². The van der Waals surface area contributed by atoms with Gasteiger partial charge < -0.3 is 24.4 Å². The zero-order valence-electron chi connectivity index (χ0n) is 34.6. The van der Waals surface area contributed by atoms with Crippen LogP contribution in [0.2, 0.25) is 0 Å². The van der Waals surface area contributed by atoms with Crippen LogP contribution in [0.4, 0.5) is 0 Å². The molecule has 0 aliphatic heterocycles. The number of aryl methyl sites for hydroxylation is 3. The molecule has 0 spiro atoms. The van der Waals surface area contributed by atoms with Gasteiger partial charge in [0.25, 0.3) is 11.1 Å². The van der Waals surface area contributed by atoms with Gasteiger partial charge in [-0.25, -0.2) is 9.97 Å². The Labute approximate surface area is 352 Å². The molecule has 0 bridgehead atoms. The number of methoxy groups -OCH3 is 3. The molecule has 11 heteroatoms. The molecule has 0 saturated carbocycles. The Morgan fingerprint density at radius 1 is 0.508 bits per heavy atom. The highest BCUT2D eigenvalue weighted by molar-refractivity contribution is 5.82. The molecule has 6 aromatic carbocycles. The molecule has 11 nitrogen and oxygen atoms in total. The Balaban J connectivity index is 0.000000184. The van der Waals surface area contributed by atoms with E-state index in [9.17, 15) is 19.8 Å². The summed E-state index contributed by atoms with van der Waals surface area (Å²) >= 11 is 0. The third kappa shape index (κ3) is 8.35. The largest absolute Gasteiger partial charge is 0.504 e. The monoisotopic (exact) mass is 812 g/mol. The van der Waals surface area contributed by atoms with E-state index in [1.165, 1.54) is 14.2 Å². The summed E-state index contributed by atoms with van der Waals surface area (Å²) in [5, 5.41) is 21.9. The van der Waals surface area contributed by atoms with Gasteiger partial charge >= 0.3 is 0 Å². The van der Waals surface area contributed by atoms with Gasteiger partial charge in [0.15, 0.2) is 23.0 Å². The van der Waals surface area contributed by atoms with E-state index in [2.05, 4.69) is 0 Å². The topological polar surface area (TPSA) is 138 Å². The third-order valence-corrected chi connectivity index (χ3v) is 10.2. The van der Waals surface area contributed by atoms with Crippen molar-refractivity contribution in [2.75, 3.05) is 21.3 Å². The number of hydrogen-bond acceptors (Lipinski definition) is 9. The number of para-hydroxylation sites is 5. The van der Waals surface area contributed by atoms with Crippen molar-refractivity contribution in [1.82, 2.24) is 19.1 Å². The molecule has 0 unspecified atom stereocenters. The zero-order chi connectivity index (χ0) is 43.2. The minimum absolute atomic E-state index is 0.0180. The Morgan fingerprint density at radius 3 is 1.51 bits per heavy atom. The summed E-state index contributed by atoms with van der Waals surface area (Å²) in [4.78, 5) is 36.3. The minimum Gasteiger partial charge on any atom is -0.504 e. The fourth-order valence-corrected chi connectivity index (χ4v) is 7.12. The lowest BCUT2D eigenvalue weighted by Gasteiger charge is -2.17. The molecule has 306 valence electrons. The first-order chi connectivity index (χ1) is 29.5. The first kappa shape index (κ1) is 41.2. The molecule has 61 heavy (non-hydrogen) atoms. The van der Waals surface area contributed by atoms with Crippen LogP contribution in [0.1, 0.15) is 39.5 Å².